The number of fused-ring (bicyclic) bond motifs is 1. The largest absolute Gasteiger partial charge is 0.335 e. The van der Waals surface area contributed by atoms with Crippen LogP contribution in [0.3, 0.4) is 0 Å². The Morgan fingerprint density at radius 3 is 2.26 bits per heavy atom. The van der Waals surface area contributed by atoms with Crippen LogP contribution < -0.4 is 5.56 Å². The zero-order chi connectivity index (χ0) is 26.4. The molecule has 6 rings (SSSR count). The van der Waals surface area contributed by atoms with Crippen molar-refractivity contribution >= 4 is 34.1 Å². The quantitative estimate of drug-likeness (QED) is 0.250. The number of likely N-dealkylation sites (tertiary alicyclic amines) is 1. The van der Waals surface area contributed by atoms with Gasteiger partial charge in [0.2, 0.25) is 0 Å². The minimum atomic E-state index is -0.596. The molecule has 0 amide bonds. The van der Waals surface area contributed by atoms with Gasteiger partial charge in [0.1, 0.15) is 5.54 Å². The van der Waals surface area contributed by atoms with E-state index in [1.807, 2.05) is 63.0 Å². The average Bonchev–Trinajstić information content (AvgIpc) is 3.61. The Morgan fingerprint density at radius 1 is 0.842 bits per heavy atom. The minimum absolute atomic E-state index is 0.0598. The van der Waals surface area contributed by atoms with E-state index < -0.39 is 5.54 Å². The molecule has 2 aromatic heterocycles. The molecule has 1 atom stereocenters. The summed E-state index contributed by atoms with van der Waals surface area (Å²) in [5, 5.41) is 2.33. The van der Waals surface area contributed by atoms with Crippen molar-refractivity contribution in [3.05, 3.63) is 123 Å². The molecule has 1 saturated heterocycles. The molecule has 1 aliphatic heterocycles. The molecular weight excluding hydrogens is 515 g/mol. The number of hydrogen-bond donors (Lipinski definition) is 0. The van der Waals surface area contributed by atoms with Gasteiger partial charge in [-0.15, -0.1) is 0 Å². The summed E-state index contributed by atoms with van der Waals surface area (Å²) in [5.41, 5.74) is 5.31. The van der Waals surface area contributed by atoms with Crippen LogP contribution in [0.5, 0.6) is 0 Å². The number of aromatic nitrogens is 3. The number of nitrogens with zero attached hydrogens (tertiary/aromatic N) is 4. The summed E-state index contributed by atoms with van der Waals surface area (Å²) in [5.74, 6) is 0. The Morgan fingerprint density at radius 2 is 1.58 bits per heavy atom. The van der Waals surface area contributed by atoms with Crippen LogP contribution in [0, 0.1) is 0 Å². The minimum Gasteiger partial charge on any atom is -0.335 e. The highest BCUT2D eigenvalue weighted by Crippen LogP contribution is 2.45. The highest BCUT2D eigenvalue weighted by Gasteiger charge is 2.45. The molecule has 0 N–H and O–H groups in total. The lowest BCUT2D eigenvalue weighted by Gasteiger charge is -2.43. The summed E-state index contributed by atoms with van der Waals surface area (Å²) in [6, 6.07) is 24.0. The predicted molar refractivity (Wildman–Crippen MR) is 155 cm³/mol. The van der Waals surface area contributed by atoms with Crippen molar-refractivity contribution in [2.24, 2.45) is 14.1 Å². The first-order valence-electron chi connectivity index (χ1n) is 12.8. The van der Waals surface area contributed by atoms with E-state index in [-0.39, 0.29) is 5.56 Å². The Kier molecular flexibility index (Phi) is 6.39. The van der Waals surface area contributed by atoms with Gasteiger partial charge in [-0.1, -0.05) is 53.5 Å². The van der Waals surface area contributed by atoms with Gasteiger partial charge in [-0.2, -0.15) is 0 Å². The van der Waals surface area contributed by atoms with Crippen LogP contribution in [-0.4, -0.2) is 32.1 Å². The Bertz CT molecular complexity index is 1700. The molecule has 0 aliphatic carbocycles. The van der Waals surface area contributed by atoms with Crippen molar-refractivity contribution < 1.29 is 0 Å². The van der Waals surface area contributed by atoms with E-state index in [2.05, 4.69) is 44.8 Å². The van der Waals surface area contributed by atoms with E-state index >= 15 is 0 Å². The van der Waals surface area contributed by atoms with E-state index in [4.69, 9.17) is 23.2 Å². The van der Waals surface area contributed by atoms with Crippen molar-refractivity contribution in [1.82, 2.24) is 19.0 Å². The molecule has 1 aliphatic rings. The molecule has 5 aromatic rings. The second-order valence-electron chi connectivity index (χ2n) is 10.00. The van der Waals surface area contributed by atoms with Crippen molar-refractivity contribution in [1.29, 1.82) is 0 Å². The second kappa shape index (κ2) is 9.73. The molecule has 1 unspecified atom stereocenters. The molecule has 0 bridgehead atoms. The molecule has 3 aromatic carbocycles. The van der Waals surface area contributed by atoms with Crippen LogP contribution >= 0.6 is 23.2 Å². The normalized spacial score (nSPS) is 15.7. The van der Waals surface area contributed by atoms with Gasteiger partial charge in [-0.05, 0) is 84.6 Å². The van der Waals surface area contributed by atoms with Crippen LogP contribution in [0.2, 0.25) is 10.0 Å². The maximum atomic E-state index is 13.0. The highest BCUT2D eigenvalue weighted by molar-refractivity contribution is 6.31. The van der Waals surface area contributed by atoms with Gasteiger partial charge in [0.25, 0.3) is 5.56 Å². The first kappa shape index (κ1) is 24.9. The van der Waals surface area contributed by atoms with E-state index in [1.54, 1.807) is 10.6 Å². The average molecular weight is 543 g/mol. The van der Waals surface area contributed by atoms with Gasteiger partial charge in [0.05, 0.1) is 23.7 Å². The second-order valence-corrected chi connectivity index (χ2v) is 10.9. The Labute approximate surface area is 231 Å². The molecule has 1 fully saturated rings. The van der Waals surface area contributed by atoms with Crippen LogP contribution in [-0.2, 0) is 19.6 Å². The van der Waals surface area contributed by atoms with E-state index in [1.165, 1.54) is 0 Å². The summed E-state index contributed by atoms with van der Waals surface area (Å²) in [6.07, 6.45) is 6.08. The maximum Gasteiger partial charge on any atom is 0.251 e. The zero-order valence-electron chi connectivity index (χ0n) is 21.4. The predicted octanol–water partition coefficient (Wildman–Crippen LogP) is 6.63. The summed E-state index contributed by atoms with van der Waals surface area (Å²) in [4.78, 5) is 20.1. The van der Waals surface area contributed by atoms with Gasteiger partial charge < -0.3 is 9.13 Å². The number of halogens is 2. The monoisotopic (exact) mass is 542 g/mol. The fourth-order valence-electron chi connectivity index (χ4n) is 6.02. The van der Waals surface area contributed by atoms with Gasteiger partial charge in [0, 0.05) is 35.6 Å². The maximum absolute atomic E-state index is 13.0. The third-order valence-electron chi connectivity index (χ3n) is 7.83. The van der Waals surface area contributed by atoms with E-state index in [0.29, 0.717) is 10.0 Å². The van der Waals surface area contributed by atoms with E-state index in [9.17, 15) is 4.79 Å². The number of pyridine rings is 1. The lowest BCUT2D eigenvalue weighted by molar-refractivity contribution is 0.190. The molecule has 0 saturated carbocycles. The van der Waals surface area contributed by atoms with Gasteiger partial charge in [-0.25, -0.2) is 4.98 Å². The van der Waals surface area contributed by atoms with Gasteiger partial charge in [-0.3, -0.25) is 9.69 Å². The molecule has 0 radical (unpaired) electrons. The molecular formula is C31H28Cl2N4O. The lowest BCUT2D eigenvalue weighted by Crippen LogP contribution is -2.47. The fraction of sp³-hybridized carbons (Fsp3) is 0.226. The number of aryl methyl sites for hydroxylation is 2. The molecule has 192 valence electrons. The van der Waals surface area contributed by atoms with Crippen LogP contribution in [0.25, 0.3) is 22.0 Å². The van der Waals surface area contributed by atoms with Crippen molar-refractivity contribution in [2.75, 3.05) is 13.1 Å². The number of rotatable bonds is 5. The first-order valence-corrected chi connectivity index (χ1v) is 13.5. The lowest BCUT2D eigenvalue weighted by atomic mass is 9.77. The first-order chi connectivity index (χ1) is 18.4. The van der Waals surface area contributed by atoms with Crippen LogP contribution in [0.1, 0.15) is 29.7 Å². The van der Waals surface area contributed by atoms with Crippen LogP contribution in [0.4, 0.5) is 0 Å². The SMILES string of the molecule is Cn1cncc1C(c1ccc(Cl)cc1)(c1ccc2c(c1)c(-c1cccc(Cl)c1)cc(=O)n2C)N1CCCC1. The van der Waals surface area contributed by atoms with Crippen molar-refractivity contribution in [3.8, 4) is 11.1 Å². The zero-order valence-corrected chi connectivity index (χ0v) is 22.9. The third kappa shape index (κ3) is 3.97. The molecule has 38 heavy (non-hydrogen) atoms. The van der Waals surface area contributed by atoms with Crippen molar-refractivity contribution in [2.45, 2.75) is 18.4 Å². The summed E-state index contributed by atoms with van der Waals surface area (Å²) < 4.78 is 3.81. The standard InChI is InChI=1S/C31H28Cl2N4O/c1-35-20-34-19-29(35)31(37-14-3-4-15-37,22-8-11-24(32)12-9-22)23-10-13-28-27(17-23)26(18-30(38)36(28)2)21-6-5-7-25(33)16-21/h5-13,16-20H,3-4,14-15H2,1-2H3. The van der Waals surface area contributed by atoms with Gasteiger partial charge in [0.15, 0.2) is 0 Å². The topological polar surface area (TPSA) is 43.1 Å². The molecule has 3 heterocycles. The molecule has 0 spiro atoms. The fourth-order valence-corrected chi connectivity index (χ4v) is 6.34. The summed E-state index contributed by atoms with van der Waals surface area (Å²) in [7, 11) is 3.87. The number of hydrogen-bond acceptors (Lipinski definition) is 3. The highest BCUT2D eigenvalue weighted by atomic mass is 35.5. The Balaban J connectivity index is 1.72. The smallest absolute Gasteiger partial charge is 0.251 e. The molecule has 5 nitrogen and oxygen atoms in total. The molecule has 7 heteroatoms. The summed E-state index contributed by atoms with van der Waals surface area (Å²) in [6.45, 7) is 1.92. The third-order valence-corrected chi connectivity index (χ3v) is 8.32. The van der Waals surface area contributed by atoms with Crippen molar-refractivity contribution in [3.63, 3.8) is 0 Å². The van der Waals surface area contributed by atoms with Gasteiger partial charge >= 0.3 is 0 Å². The summed E-state index contributed by atoms with van der Waals surface area (Å²) >= 11 is 12.7. The Hall–Kier alpha value is -3.38. The number of imidazole rings is 1. The number of benzene rings is 3. The van der Waals surface area contributed by atoms with E-state index in [0.717, 1.165) is 64.8 Å². The van der Waals surface area contributed by atoms with Crippen LogP contribution in [0.15, 0.2) is 90.1 Å².